The number of hydrogen-bond acceptors (Lipinski definition) is 1. The number of rotatable bonds is 4. The average Bonchev–Trinajstić information content (AvgIpc) is 2.39. The standard InChI is InChI=1S/C17H18Cl2O/c1-11-6-7-12(2)14(8-11)10-15(20)9-13-4-3-5-16(18)17(13)19/h3-8,15,20H,9-10H2,1-2H3. The predicted octanol–water partition coefficient (Wildman–Crippen LogP) is 4.76. The van der Waals surface area contributed by atoms with Gasteiger partial charge in [0.05, 0.1) is 16.1 Å². The zero-order chi connectivity index (χ0) is 14.7. The molecule has 0 heterocycles. The Kier molecular flexibility index (Phi) is 5.09. The zero-order valence-corrected chi connectivity index (χ0v) is 13.2. The van der Waals surface area contributed by atoms with Crippen molar-refractivity contribution in [1.82, 2.24) is 0 Å². The molecule has 0 aliphatic carbocycles. The van der Waals surface area contributed by atoms with Crippen LogP contribution in [0, 0.1) is 13.8 Å². The van der Waals surface area contributed by atoms with Crippen LogP contribution >= 0.6 is 23.2 Å². The van der Waals surface area contributed by atoms with Crippen molar-refractivity contribution >= 4 is 23.2 Å². The van der Waals surface area contributed by atoms with Crippen LogP contribution in [-0.2, 0) is 12.8 Å². The molecule has 0 radical (unpaired) electrons. The van der Waals surface area contributed by atoms with Crippen LogP contribution < -0.4 is 0 Å². The Morgan fingerprint density at radius 1 is 1.00 bits per heavy atom. The molecule has 20 heavy (non-hydrogen) atoms. The van der Waals surface area contributed by atoms with Crippen LogP contribution in [0.25, 0.3) is 0 Å². The molecule has 0 aliphatic heterocycles. The summed E-state index contributed by atoms with van der Waals surface area (Å²) in [6.07, 6.45) is 0.662. The Morgan fingerprint density at radius 3 is 2.45 bits per heavy atom. The van der Waals surface area contributed by atoms with Crippen LogP contribution in [0.2, 0.25) is 10.0 Å². The van der Waals surface area contributed by atoms with Gasteiger partial charge in [0.1, 0.15) is 0 Å². The summed E-state index contributed by atoms with van der Waals surface area (Å²) >= 11 is 12.1. The summed E-state index contributed by atoms with van der Waals surface area (Å²) in [6, 6.07) is 11.8. The summed E-state index contributed by atoms with van der Waals surface area (Å²) in [5.41, 5.74) is 4.47. The number of aliphatic hydroxyl groups excluding tert-OH is 1. The van der Waals surface area contributed by atoms with E-state index in [0.717, 1.165) is 5.56 Å². The molecule has 2 rings (SSSR count). The molecule has 1 nitrogen and oxygen atoms in total. The van der Waals surface area contributed by atoms with Gasteiger partial charge in [0.2, 0.25) is 0 Å². The second kappa shape index (κ2) is 6.62. The third-order valence-electron chi connectivity index (χ3n) is 3.45. The average molecular weight is 309 g/mol. The van der Waals surface area contributed by atoms with E-state index >= 15 is 0 Å². The minimum Gasteiger partial charge on any atom is -0.392 e. The van der Waals surface area contributed by atoms with Crippen molar-refractivity contribution in [3.63, 3.8) is 0 Å². The van der Waals surface area contributed by atoms with Gasteiger partial charge < -0.3 is 5.11 Å². The molecule has 0 aliphatic rings. The number of hydrogen-bond donors (Lipinski definition) is 1. The van der Waals surface area contributed by atoms with E-state index in [4.69, 9.17) is 23.2 Å². The predicted molar refractivity (Wildman–Crippen MR) is 85.8 cm³/mol. The summed E-state index contributed by atoms with van der Waals surface area (Å²) in [7, 11) is 0. The van der Waals surface area contributed by atoms with Crippen molar-refractivity contribution in [2.75, 3.05) is 0 Å². The van der Waals surface area contributed by atoms with Crippen molar-refractivity contribution in [3.05, 3.63) is 68.7 Å². The topological polar surface area (TPSA) is 20.2 Å². The van der Waals surface area contributed by atoms with Gasteiger partial charge in [-0.3, -0.25) is 0 Å². The number of benzene rings is 2. The van der Waals surface area contributed by atoms with Crippen molar-refractivity contribution in [3.8, 4) is 0 Å². The van der Waals surface area contributed by atoms with E-state index in [-0.39, 0.29) is 0 Å². The molecular weight excluding hydrogens is 291 g/mol. The van der Waals surface area contributed by atoms with Gasteiger partial charge in [-0.1, -0.05) is 59.1 Å². The van der Waals surface area contributed by atoms with Gasteiger partial charge in [-0.2, -0.15) is 0 Å². The van der Waals surface area contributed by atoms with Gasteiger partial charge in [-0.25, -0.2) is 0 Å². The molecule has 3 heteroatoms. The maximum atomic E-state index is 10.3. The van der Waals surface area contributed by atoms with E-state index in [1.807, 2.05) is 12.1 Å². The monoisotopic (exact) mass is 308 g/mol. The molecular formula is C17H18Cl2O. The molecule has 0 saturated heterocycles. The molecule has 0 amide bonds. The molecule has 2 aromatic rings. The molecule has 0 bridgehead atoms. The Morgan fingerprint density at radius 2 is 1.70 bits per heavy atom. The molecule has 1 atom stereocenters. The first-order valence-corrected chi connectivity index (χ1v) is 7.40. The van der Waals surface area contributed by atoms with Crippen molar-refractivity contribution in [1.29, 1.82) is 0 Å². The smallest absolute Gasteiger partial charge is 0.0625 e. The first kappa shape index (κ1) is 15.4. The lowest BCUT2D eigenvalue weighted by Gasteiger charge is -2.14. The fourth-order valence-corrected chi connectivity index (χ4v) is 2.70. The highest BCUT2D eigenvalue weighted by Crippen LogP contribution is 2.27. The van der Waals surface area contributed by atoms with Crippen molar-refractivity contribution in [2.24, 2.45) is 0 Å². The summed E-state index contributed by atoms with van der Waals surface area (Å²) in [5, 5.41) is 11.4. The summed E-state index contributed by atoms with van der Waals surface area (Å²) in [5.74, 6) is 0. The van der Waals surface area contributed by atoms with Gasteiger partial charge in [0.25, 0.3) is 0 Å². The van der Waals surface area contributed by atoms with Gasteiger partial charge in [-0.05, 0) is 43.0 Å². The zero-order valence-electron chi connectivity index (χ0n) is 11.7. The molecule has 0 fully saturated rings. The molecule has 2 aromatic carbocycles. The molecule has 1 N–H and O–H groups in total. The van der Waals surface area contributed by atoms with Crippen LogP contribution in [0.4, 0.5) is 0 Å². The van der Waals surface area contributed by atoms with Gasteiger partial charge in [-0.15, -0.1) is 0 Å². The van der Waals surface area contributed by atoms with Crippen LogP contribution in [-0.4, -0.2) is 11.2 Å². The van der Waals surface area contributed by atoms with E-state index in [1.165, 1.54) is 16.7 Å². The lowest BCUT2D eigenvalue weighted by Crippen LogP contribution is -2.15. The van der Waals surface area contributed by atoms with Crippen molar-refractivity contribution < 1.29 is 5.11 Å². The third kappa shape index (κ3) is 3.76. The fourth-order valence-electron chi connectivity index (χ4n) is 2.31. The number of aryl methyl sites for hydroxylation is 2. The Bertz CT molecular complexity index is 604. The minimum absolute atomic E-state index is 0.466. The summed E-state index contributed by atoms with van der Waals surface area (Å²) in [6.45, 7) is 4.12. The first-order valence-electron chi connectivity index (χ1n) is 6.64. The number of aliphatic hydroxyl groups is 1. The highest BCUT2D eigenvalue weighted by molar-refractivity contribution is 6.42. The van der Waals surface area contributed by atoms with Crippen LogP contribution in [0.1, 0.15) is 22.3 Å². The Hall–Kier alpha value is -1.02. The second-order valence-corrected chi connectivity index (χ2v) is 5.99. The van der Waals surface area contributed by atoms with Gasteiger partial charge in [0.15, 0.2) is 0 Å². The van der Waals surface area contributed by atoms with Crippen molar-refractivity contribution in [2.45, 2.75) is 32.8 Å². The summed E-state index contributed by atoms with van der Waals surface area (Å²) < 4.78 is 0. The van der Waals surface area contributed by atoms with E-state index in [1.54, 1.807) is 6.07 Å². The van der Waals surface area contributed by atoms with E-state index < -0.39 is 6.10 Å². The Labute approximate surface area is 130 Å². The molecule has 0 spiro atoms. The first-order chi connectivity index (χ1) is 9.47. The van der Waals surface area contributed by atoms with Gasteiger partial charge >= 0.3 is 0 Å². The van der Waals surface area contributed by atoms with Gasteiger partial charge in [0, 0.05) is 6.42 Å². The molecule has 0 aromatic heterocycles. The third-order valence-corrected chi connectivity index (χ3v) is 4.31. The quantitative estimate of drug-likeness (QED) is 0.863. The fraction of sp³-hybridized carbons (Fsp3) is 0.294. The van der Waals surface area contributed by atoms with E-state index in [9.17, 15) is 5.11 Å². The highest BCUT2D eigenvalue weighted by atomic mass is 35.5. The second-order valence-electron chi connectivity index (χ2n) is 5.20. The lowest BCUT2D eigenvalue weighted by atomic mass is 9.97. The maximum Gasteiger partial charge on any atom is 0.0625 e. The number of halogens is 2. The summed E-state index contributed by atoms with van der Waals surface area (Å²) in [4.78, 5) is 0. The molecule has 0 saturated carbocycles. The molecule has 1 unspecified atom stereocenters. The highest BCUT2D eigenvalue weighted by Gasteiger charge is 2.12. The minimum atomic E-state index is -0.466. The van der Waals surface area contributed by atoms with Crippen LogP contribution in [0.5, 0.6) is 0 Å². The van der Waals surface area contributed by atoms with Crippen LogP contribution in [0.3, 0.4) is 0 Å². The SMILES string of the molecule is Cc1ccc(C)c(CC(O)Cc2cccc(Cl)c2Cl)c1. The lowest BCUT2D eigenvalue weighted by molar-refractivity contribution is 0.175. The van der Waals surface area contributed by atoms with E-state index in [2.05, 4.69) is 32.0 Å². The molecule has 106 valence electrons. The maximum absolute atomic E-state index is 10.3. The normalized spacial score (nSPS) is 12.4. The largest absolute Gasteiger partial charge is 0.392 e. The Balaban J connectivity index is 2.11. The van der Waals surface area contributed by atoms with E-state index in [0.29, 0.717) is 22.9 Å². The van der Waals surface area contributed by atoms with Crippen LogP contribution in [0.15, 0.2) is 36.4 Å².